The summed E-state index contributed by atoms with van der Waals surface area (Å²) < 4.78 is 80.8. The summed E-state index contributed by atoms with van der Waals surface area (Å²) in [4.78, 5) is 10.1. The highest BCUT2D eigenvalue weighted by atomic mass is 32.2. The number of halogens is 4. The molecule has 1 fully saturated rings. The first kappa shape index (κ1) is 19.4. The van der Waals surface area contributed by atoms with E-state index in [9.17, 15) is 30.8 Å². The van der Waals surface area contributed by atoms with Crippen molar-refractivity contribution in [2.45, 2.75) is 37.1 Å². The third kappa shape index (κ3) is 4.21. The van der Waals surface area contributed by atoms with Gasteiger partial charge in [-0.05, 0) is 31.9 Å². The van der Waals surface area contributed by atoms with Crippen LogP contribution >= 0.6 is 0 Å². The highest BCUT2D eigenvalue weighted by Crippen LogP contribution is 2.33. The molecule has 0 aliphatic carbocycles. The van der Waals surface area contributed by atoms with Crippen LogP contribution in [0.5, 0.6) is 5.75 Å². The number of aliphatic carboxylic acids is 1. The van der Waals surface area contributed by atoms with Crippen molar-refractivity contribution in [3.63, 3.8) is 0 Å². The van der Waals surface area contributed by atoms with Gasteiger partial charge in [0.05, 0.1) is 5.92 Å². The summed E-state index contributed by atoms with van der Waals surface area (Å²) in [7, 11) is -4.54. The first-order valence-corrected chi connectivity index (χ1v) is 8.66. The molecule has 0 bridgehead atoms. The van der Waals surface area contributed by atoms with E-state index in [1.54, 1.807) is 0 Å². The van der Waals surface area contributed by atoms with E-state index in [0.29, 0.717) is 6.07 Å². The maximum atomic E-state index is 14.3. The fraction of sp³-hybridized carbons (Fsp3) is 0.500. The first-order valence-electron chi connectivity index (χ1n) is 7.22. The van der Waals surface area contributed by atoms with Gasteiger partial charge in [0, 0.05) is 12.6 Å². The predicted molar refractivity (Wildman–Crippen MR) is 76.8 cm³/mol. The summed E-state index contributed by atoms with van der Waals surface area (Å²) >= 11 is 0. The molecule has 0 amide bonds. The summed E-state index contributed by atoms with van der Waals surface area (Å²) in [6.07, 6.45) is -4.70. The average molecular weight is 385 g/mol. The Kier molecular flexibility index (Phi) is 5.28. The third-order valence-electron chi connectivity index (χ3n) is 3.91. The van der Waals surface area contributed by atoms with Gasteiger partial charge in [-0.1, -0.05) is 6.07 Å². The van der Waals surface area contributed by atoms with Gasteiger partial charge >= 0.3 is 12.3 Å². The fourth-order valence-electron chi connectivity index (χ4n) is 2.63. The number of hydrogen-bond donors (Lipinski definition) is 1. The van der Waals surface area contributed by atoms with Crippen LogP contribution in [0.25, 0.3) is 0 Å². The monoisotopic (exact) mass is 385 g/mol. The Morgan fingerprint density at radius 3 is 2.52 bits per heavy atom. The van der Waals surface area contributed by atoms with Crippen molar-refractivity contribution in [1.29, 1.82) is 0 Å². The predicted octanol–water partition coefficient (Wildman–Crippen LogP) is 2.60. The molecule has 2 rings (SSSR count). The summed E-state index contributed by atoms with van der Waals surface area (Å²) in [5.41, 5.74) is 0. The van der Waals surface area contributed by atoms with E-state index < -0.39 is 50.8 Å². The van der Waals surface area contributed by atoms with Gasteiger partial charge in [0.25, 0.3) is 0 Å². The lowest BCUT2D eigenvalue weighted by Crippen LogP contribution is -2.47. The molecule has 2 unspecified atom stereocenters. The maximum absolute atomic E-state index is 14.3. The Balaban J connectivity index is 2.42. The molecule has 0 aromatic heterocycles. The van der Waals surface area contributed by atoms with Gasteiger partial charge in [0.1, 0.15) is 4.90 Å². The SMILES string of the molecule is CC1CCC(C(=O)O)CN1S(=O)(=O)c1cccc(OC(F)(F)F)c1F. The third-order valence-corrected chi connectivity index (χ3v) is 5.91. The largest absolute Gasteiger partial charge is 0.573 e. The van der Waals surface area contributed by atoms with Crippen molar-refractivity contribution in [2.75, 3.05) is 6.54 Å². The second-order valence-electron chi connectivity index (χ2n) is 5.65. The number of carboxylic acid groups (broad SMARTS) is 1. The second kappa shape index (κ2) is 6.79. The highest BCUT2D eigenvalue weighted by Gasteiger charge is 2.40. The quantitative estimate of drug-likeness (QED) is 0.806. The van der Waals surface area contributed by atoms with Crippen molar-refractivity contribution >= 4 is 16.0 Å². The van der Waals surface area contributed by atoms with Crippen LogP contribution in [0.3, 0.4) is 0 Å². The number of piperidine rings is 1. The second-order valence-corrected chi connectivity index (χ2v) is 7.51. The van der Waals surface area contributed by atoms with Gasteiger partial charge in [-0.15, -0.1) is 13.2 Å². The van der Waals surface area contributed by atoms with Gasteiger partial charge in [-0.25, -0.2) is 12.8 Å². The zero-order valence-corrected chi connectivity index (χ0v) is 13.8. The van der Waals surface area contributed by atoms with Crippen molar-refractivity contribution in [2.24, 2.45) is 5.92 Å². The molecule has 25 heavy (non-hydrogen) atoms. The Morgan fingerprint density at radius 2 is 1.96 bits per heavy atom. The maximum Gasteiger partial charge on any atom is 0.573 e. The number of hydrogen-bond acceptors (Lipinski definition) is 4. The molecule has 1 aliphatic heterocycles. The Hall–Kier alpha value is -1.88. The van der Waals surface area contributed by atoms with Crippen LogP contribution in [0.2, 0.25) is 0 Å². The number of carbonyl (C=O) groups is 1. The van der Waals surface area contributed by atoms with Crippen LogP contribution in [0, 0.1) is 11.7 Å². The number of alkyl halides is 3. The fourth-order valence-corrected chi connectivity index (χ4v) is 4.42. The van der Waals surface area contributed by atoms with Crippen molar-refractivity contribution < 1.29 is 40.6 Å². The zero-order valence-electron chi connectivity index (χ0n) is 13.0. The molecule has 1 aromatic carbocycles. The smallest absolute Gasteiger partial charge is 0.481 e. The molecule has 0 radical (unpaired) electrons. The summed E-state index contributed by atoms with van der Waals surface area (Å²) in [6.45, 7) is 1.13. The lowest BCUT2D eigenvalue weighted by Gasteiger charge is -2.35. The molecule has 1 saturated heterocycles. The molecule has 0 saturated carbocycles. The van der Waals surface area contributed by atoms with Crippen LogP contribution in [-0.2, 0) is 14.8 Å². The summed E-state index contributed by atoms with van der Waals surface area (Å²) in [6, 6.07) is 1.76. The number of nitrogens with zero attached hydrogens (tertiary/aromatic N) is 1. The number of benzene rings is 1. The van der Waals surface area contributed by atoms with E-state index >= 15 is 0 Å². The van der Waals surface area contributed by atoms with E-state index in [4.69, 9.17) is 5.11 Å². The van der Waals surface area contributed by atoms with Crippen LogP contribution in [0.15, 0.2) is 23.1 Å². The van der Waals surface area contributed by atoms with E-state index in [1.165, 1.54) is 6.92 Å². The Morgan fingerprint density at radius 1 is 1.32 bits per heavy atom. The molecule has 1 heterocycles. The molecular formula is C14H15F4NO5S. The summed E-state index contributed by atoms with van der Waals surface area (Å²) in [5, 5.41) is 9.06. The lowest BCUT2D eigenvalue weighted by atomic mass is 9.96. The Labute approximate surface area is 141 Å². The highest BCUT2D eigenvalue weighted by molar-refractivity contribution is 7.89. The van der Waals surface area contributed by atoms with Gasteiger partial charge in [-0.3, -0.25) is 4.79 Å². The normalized spacial score (nSPS) is 22.6. The van der Waals surface area contributed by atoms with Crippen LogP contribution in [0.1, 0.15) is 19.8 Å². The minimum atomic E-state index is -5.18. The molecule has 140 valence electrons. The molecule has 0 spiro atoms. The number of ether oxygens (including phenoxy) is 1. The average Bonchev–Trinajstić information content (AvgIpc) is 2.47. The van der Waals surface area contributed by atoms with Gasteiger partial charge in [0.15, 0.2) is 11.6 Å². The number of rotatable bonds is 4. The van der Waals surface area contributed by atoms with Gasteiger partial charge in [-0.2, -0.15) is 4.31 Å². The first-order chi connectivity index (χ1) is 11.4. The molecule has 6 nitrogen and oxygen atoms in total. The molecular weight excluding hydrogens is 370 g/mol. The minimum Gasteiger partial charge on any atom is -0.481 e. The molecule has 1 aromatic rings. The zero-order chi connectivity index (χ0) is 19.0. The van der Waals surface area contributed by atoms with Crippen LogP contribution in [0.4, 0.5) is 17.6 Å². The molecule has 1 N–H and O–H groups in total. The van der Waals surface area contributed by atoms with E-state index in [2.05, 4.69) is 4.74 Å². The minimum absolute atomic E-state index is 0.233. The van der Waals surface area contributed by atoms with E-state index in [-0.39, 0.29) is 19.4 Å². The van der Waals surface area contributed by atoms with Crippen molar-refractivity contribution in [3.8, 4) is 5.75 Å². The van der Waals surface area contributed by atoms with E-state index in [1.807, 2.05) is 0 Å². The molecule has 1 aliphatic rings. The van der Waals surface area contributed by atoms with Crippen molar-refractivity contribution in [3.05, 3.63) is 24.0 Å². The number of carboxylic acids is 1. The Bertz CT molecular complexity index is 765. The lowest BCUT2D eigenvalue weighted by molar-refractivity contribution is -0.275. The molecule has 11 heteroatoms. The van der Waals surface area contributed by atoms with Crippen LogP contribution in [-0.4, -0.2) is 42.7 Å². The van der Waals surface area contributed by atoms with Crippen molar-refractivity contribution in [1.82, 2.24) is 4.31 Å². The summed E-state index contributed by atoms with van der Waals surface area (Å²) in [5.74, 6) is -5.11. The van der Waals surface area contributed by atoms with Gasteiger partial charge < -0.3 is 9.84 Å². The molecule has 2 atom stereocenters. The van der Waals surface area contributed by atoms with E-state index in [0.717, 1.165) is 16.4 Å². The van der Waals surface area contributed by atoms with Crippen LogP contribution < -0.4 is 4.74 Å². The standard InChI is InChI=1S/C14H15F4NO5S/c1-8-5-6-9(13(20)21)7-19(8)25(22,23)11-4-2-3-10(12(11)15)24-14(16,17)18/h2-4,8-9H,5-7H2,1H3,(H,20,21). The van der Waals surface area contributed by atoms with Gasteiger partial charge in [0.2, 0.25) is 10.0 Å². The number of sulfonamides is 1. The topological polar surface area (TPSA) is 83.9 Å².